The number of sulfonamides is 1. The van der Waals surface area contributed by atoms with Gasteiger partial charge in [-0.3, -0.25) is 14.5 Å². The Labute approximate surface area is 170 Å². The summed E-state index contributed by atoms with van der Waals surface area (Å²) in [4.78, 5) is 26.2. The number of nitrogens with zero attached hydrogens (tertiary/aromatic N) is 3. The topological polar surface area (TPSA) is 143 Å². The van der Waals surface area contributed by atoms with Crippen molar-refractivity contribution in [3.63, 3.8) is 0 Å². The molecule has 0 aliphatic heterocycles. The van der Waals surface area contributed by atoms with Crippen molar-refractivity contribution < 1.29 is 8.42 Å². The van der Waals surface area contributed by atoms with Crippen LogP contribution in [0, 0.1) is 6.92 Å². The molecule has 2 aromatic carbocycles. The van der Waals surface area contributed by atoms with Crippen molar-refractivity contribution in [2.75, 3.05) is 4.72 Å². The third-order valence-corrected chi connectivity index (χ3v) is 5.65. The number of H-pyrrole nitrogens is 2. The van der Waals surface area contributed by atoms with E-state index in [4.69, 9.17) is 0 Å². The van der Waals surface area contributed by atoms with Gasteiger partial charge in [-0.1, -0.05) is 29.5 Å². The number of aryl methyl sites for hydroxylation is 1. The Balaban J connectivity index is 1.56. The van der Waals surface area contributed by atoms with Crippen molar-refractivity contribution in [3.05, 3.63) is 87.3 Å². The van der Waals surface area contributed by atoms with Crippen molar-refractivity contribution in [2.24, 2.45) is 0 Å². The van der Waals surface area contributed by atoms with Crippen molar-refractivity contribution >= 4 is 15.7 Å². The summed E-state index contributed by atoms with van der Waals surface area (Å²) < 4.78 is 28.7. The SMILES string of the molecule is Cc1cccc(-n2cc(-c3ccc(NS(=O)(=O)c4c[nH]c(=O)[nH]c4=O)cc3)nn2)c1. The number of anilines is 1. The summed E-state index contributed by atoms with van der Waals surface area (Å²) in [5.74, 6) is 0. The molecule has 0 aliphatic carbocycles. The van der Waals surface area contributed by atoms with Crippen LogP contribution in [0.5, 0.6) is 0 Å². The highest BCUT2D eigenvalue weighted by Gasteiger charge is 2.19. The van der Waals surface area contributed by atoms with Gasteiger partial charge >= 0.3 is 5.69 Å². The van der Waals surface area contributed by atoms with E-state index < -0.39 is 26.2 Å². The summed E-state index contributed by atoms with van der Waals surface area (Å²) >= 11 is 0. The number of benzene rings is 2. The first kappa shape index (κ1) is 19.3. The molecule has 10 nitrogen and oxygen atoms in total. The molecule has 3 N–H and O–H groups in total. The van der Waals surface area contributed by atoms with Crippen LogP contribution in [0.25, 0.3) is 16.9 Å². The predicted octanol–water partition coefficient (Wildman–Crippen LogP) is 1.42. The minimum Gasteiger partial charge on any atom is -0.313 e. The normalized spacial score (nSPS) is 11.4. The highest BCUT2D eigenvalue weighted by atomic mass is 32.2. The van der Waals surface area contributed by atoms with Crippen LogP contribution in [0.1, 0.15) is 5.56 Å². The Morgan fingerprint density at radius 3 is 2.53 bits per heavy atom. The quantitative estimate of drug-likeness (QED) is 0.442. The molecule has 2 aromatic heterocycles. The Morgan fingerprint density at radius 1 is 1.07 bits per heavy atom. The first-order valence-electron chi connectivity index (χ1n) is 8.76. The summed E-state index contributed by atoms with van der Waals surface area (Å²) in [5.41, 5.74) is 1.78. The second-order valence-corrected chi connectivity index (χ2v) is 8.16. The van der Waals surface area contributed by atoms with Crippen LogP contribution in [0.3, 0.4) is 0 Å². The zero-order valence-electron chi connectivity index (χ0n) is 15.7. The van der Waals surface area contributed by atoms with Gasteiger partial charge in [0.2, 0.25) is 0 Å². The van der Waals surface area contributed by atoms with Crippen molar-refractivity contribution in [1.82, 2.24) is 25.0 Å². The van der Waals surface area contributed by atoms with Gasteiger partial charge in [-0.25, -0.2) is 17.9 Å². The second-order valence-electron chi connectivity index (χ2n) is 6.51. The van der Waals surface area contributed by atoms with Crippen LogP contribution in [0.15, 0.2) is 75.4 Å². The number of aromatic nitrogens is 5. The first-order chi connectivity index (χ1) is 14.3. The average Bonchev–Trinajstić information content (AvgIpc) is 3.18. The number of hydrogen-bond donors (Lipinski definition) is 3. The molecule has 152 valence electrons. The van der Waals surface area contributed by atoms with Gasteiger partial charge in [-0.2, -0.15) is 0 Å². The molecule has 0 unspecified atom stereocenters. The van der Waals surface area contributed by atoms with Crippen LogP contribution >= 0.6 is 0 Å². The van der Waals surface area contributed by atoms with Crippen molar-refractivity contribution in [1.29, 1.82) is 0 Å². The van der Waals surface area contributed by atoms with Gasteiger partial charge in [-0.15, -0.1) is 5.10 Å². The molecule has 11 heteroatoms. The lowest BCUT2D eigenvalue weighted by Crippen LogP contribution is -2.29. The lowest BCUT2D eigenvalue weighted by Gasteiger charge is -2.07. The Kier molecular flexibility index (Phi) is 4.80. The monoisotopic (exact) mass is 424 g/mol. The predicted molar refractivity (Wildman–Crippen MR) is 110 cm³/mol. The van der Waals surface area contributed by atoms with Gasteiger partial charge < -0.3 is 4.98 Å². The second kappa shape index (κ2) is 7.44. The minimum absolute atomic E-state index is 0.246. The molecule has 0 atom stereocenters. The Bertz CT molecular complexity index is 1430. The maximum Gasteiger partial charge on any atom is 0.325 e. The maximum atomic E-state index is 12.4. The van der Waals surface area contributed by atoms with E-state index in [0.717, 1.165) is 23.0 Å². The van der Waals surface area contributed by atoms with Crippen molar-refractivity contribution in [3.8, 4) is 16.9 Å². The fourth-order valence-corrected chi connectivity index (χ4v) is 3.87. The van der Waals surface area contributed by atoms with Gasteiger partial charge in [0.15, 0.2) is 4.90 Å². The molecule has 4 rings (SSSR count). The number of hydrogen-bond acceptors (Lipinski definition) is 6. The van der Waals surface area contributed by atoms with E-state index >= 15 is 0 Å². The fraction of sp³-hybridized carbons (Fsp3) is 0.0526. The summed E-state index contributed by atoms with van der Waals surface area (Å²) in [6.45, 7) is 1.99. The summed E-state index contributed by atoms with van der Waals surface area (Å²) in [6, 6.07) is 14.3. The van der Waals surface area contributed by atoms with E-state index in [1.165, 1.54) is 0 Å². The fourth-order valence-electron chi connectivity index (χ4n) is 2.81. The van der Waals surface area contributed by atoms with Crippen LogP contribution in [-0.2, 0) is 10.0 Å². The van der Waals surface area contributed by atoms with Crippen LogP contribution in [0.2, 0.25) is 0 Å². The first-order valence-corrected chi connectivity index (χ1v) is 10.2. The number of rotatable bonds is 5. The van der Waals surface area contributed by atoms with E-state index in [9.17, 15) is 18.0 Å². The zero-order valence-corrected chi connectivity index (χ0v) is 16.5. The van der Waals surface area contributed by atoms with E-state index in [1.54, 1.807) is 35.1 Å². The molecule has 30 heavy (non-hydrogen) atoms. The molecule has 0 saturated carbocycles. The van der Waals surface area contributed by atoms with Crippen LogP contribution in [-0.4, -0.2) is 33.4 Å². The maximum absolute atomic E-state index is 12.4. The van der Waals surface area contributed by atoms with Gasteiger partial charge in [0.25, 0.3) is 15.6 Å². The Hall–Kier alpha value is -3.99. The molecular weight excluding hydrogens is 408 g/mol. The highest BCUT2D eigenvalue weighted by Crippen LogP contribution is 2.21. The van der Waals surface area contributed by atoms with E-state index in [0.29, 0.717) is 5.69 Å². The molecular formula is C19H16N6O4S. The molecule has 0 bridgehead atoms. The highest BCUT2D eigenvalue weighted by molar-refractivity contribution is 7.92. The van der Waals surface area contributed by atoms with E-state index in [-0.39, 0.29) is 5.69 Å². The standard InChI is InChI=1S/C19H16N6O4S/c1-12-3-2-4-15(9-12)25-11-16(22-24-25)13-5-7-14(8-6-13)23-30(28,29)17-10-20-19(27)21-18(17)26/h2-11,23H,1H3,(H2,20,21,26,27). The summed E-state index contributed by atoms with van der Waals surface area (Å²) in [7, 11) is -4.17. The van der Waals surface area contributed by atoms with Gasteiger partial charge in [-0.05, 0) is 36.8 Å². The zero-order chi connectivity index (χ0) is 21.3. The third kappa shape index (κ3) is 3.91. The van der Waals surface area contributed by atoms with E-state index in [1.807, 2.05) is 36.2 Å². The lowest BCUT2D eigenvalue weighted by atomic mass is 10.1. The van der Waals surface area contributed by atoms with Crippen molar-refractivity contribution in [2.45, 2.75) is 11.8 Å². The Morgan fingerprint density at radius 2 is 1.83 bits per heavy atom. The molecule has 2 heterocycles. The number of nitrogens with one attached hydrogen (secondary N) is 3. The molecule has 0 saturated heterocycles. The summed E-state index contributed by atoms with van der Waals surface area (Å²) in [5, 5.41) is 8.29. The molecule has 0 fully saturated rings. The van der Waals surface area contributed by atoms with Crippen LogP contribution in [0.4, 0.5) is 5.69 Å². The summed E-state index contributed by atoms with van der Waals surface area (Å²) in [6.07, 6.45) is 2.62. The molecule has 0 aliphatic rings. The molecule has 0 amide bonds. The average molecular weight is 424 g/mol. The molecule has 0 spiro atoms. The molecule has 4 aromatic rings. The van der Waals surface area contributed by atoms with E-state index in [2.05, 4.69) is 20.0 Å². The largest absolute Gasteiger partial charge is 0.325 e. The van der Waals surface area contributed by atoms with Gasteiger partial charge in [0.05, 0.1) is 11.9 Å². The van der Waals surface area contributed by atoms with Gasteiger partial charge in [0.1, 0.15) is 5.69 Å². The molecule has 0 radical (unpaired) electrons. The lowest BCUT2D eigenvalue weighted by molar-refractivity contribution is 0.599. The number of aromatic amines is 2. The van der Waals surface area contributed by atoms with Crippen LogP contribution < -0.4 is 16.0 Å². The van der Waals surface area contributed by atoms with Gasteiger partial charge in [0, 0.05) is 17.4 Å². The minimum atomic E-state index is -4.17. The smallest absolute Gasteiger partial charge is 0.313 e. The third-order valence-electron chi connectivity index (χ3n) is 4.27.